The molecule has 7 atom stereocenters. The molecule has 0 bridgehead atoms. The molecular weight excluding hydrogens is 1030 g/mol. The van der Waals surface area contributed by atoms with Gasteiger partial charge in [-0.3, -0.25) is 4.79 Å². The van der Waals surface area contributed by atoms with E-state index in [1.54, 1.807) is 6.08 Å². The second-order valence-electron chi connectivity index (χ2n) is 26.5. The summed E-state index contributed by atoms with van der Waals surface area (Å²) in [5.74, 6) is -0.167. The molecule has 1 saturated heterocycles. The molecule has 0 aliphatic carbocycles. The number of rotatable bonds is 67. The van der Waals surface area contributed by atoms with E-state index in [0.717, 1.165) is 38.5 Å². The van der Waals surface area contributed by atoms with Crippen LogP contribution in [0.15, 0.2) is 12.2 Å². The van der Waals surface area contributed by atoms with Gasteiger partial charge in [-0.2, -0.15) is 0 Å². The van der Waals surface area contributed by atoms with E-state index in [2.05, 4.69) is 19.2 Å². The molecule has 1 rings (SSSR count). The molecule has 0 aromatic carbocycles. The van der Waals surface area contributed by atoms with Crippen LogP contribution in [0, 0.1) is 0 Å². The first-order valence-electron chi connectivity index (χ1n) is 37.4. The first-order valence-corrected chi connectivity index (χ1v) is 37.4. The fourth-order valence-corrected chi connectivity index (χ4v) is 12.5. The Hall–Kier alpha value is -1.07. The molecule has 1 fully saturated rings. The van der Waals surface area contributed by atoms with Gasteiger partial charge in [-0.15, -0.1) is 0 Å². The van der Waals surface area contributed by atoms with Crippen LogP contribution in [0.3, 0.4) is 0 Å². The number of hydrogen-bond acceptors (Lipinski definition) is 8. The molecule has 6 N–H and O–H groups in total. The van der Waals surface area contributed by atoms with Crippen LogP contribution in [0.1, 0.15) is 399 Å². The van der Waals surface area contributed by atoms with E-state index in [9.17, 15) is 30.3 Å². The molecule has 83 heavy (non-hydrogen) atoms. The van der Waals surface area contributed by atoms with Crippen molar-refractivity contribution in [2.45, 2.75) is 442 Å². The molecule has 1 aliphatic rings. The third-order valence-electron chi connectivity index (χ3n) is 18.4. The van der Waals surface area contributed by atoms with Gasteiger partial charge in [0.25, 0.3) is 0 Å². The van der Waals surface area contributed by atoms with Crippen LogP contribution in [0.2, 0.25) is 0 Å². The molecule has 1 heterocycles. The number of carbonyl (C=O) groups is 1. The molecule has 0 spiro atoms. The lowest BCUT2D eigenvalue weighted by Gasteiger charge is -2.40. The summed E-state index contributed by atoms with van der Waals surface area (Å²) in [5.41, 5.74) is 0. The maximum Gasteiger partial charge on any atom is 0.220 e. The predicted molar refractivity (Wildman–Crippen MR) is 355 cm³/mol. The third kappa shape index (κ3) is 52.6. The first kappa shape index (κ1) is 79.9. The lowest BCUT2D eigenvalue weighted by Crippen LogP contribution is -2.60. The van der Waals surface area contributed by atoms with E-state index in [1.165, 1.54) is 340 Å². The van der Waals surface area contributed by atoms with Gasteiger partial charge in [-0.05, 0) is 19.3 Å². The van der Waals surface area contributed by atoms with Crippen LogP contribution in [-0.4, -0.2) is 87.5 Å². The number of aliphatic hydroxyl groups is 5. The molecule has 7 unspecified atom stereocenters. The van der Waals surface area contributed by atoms with Crippen molar-refractivity contribution in [2.24, 2.45) is 0 Å². The molecule has 0 aromatic heterocycles. The van der Waals surface area contributed by atoms with Crippen molar-refractivity contribution < 1.29 is 39.8 Å². The highest BCUT2D eigenvalue weighted by atomic mass is 16.7. The second-order valence-corrected chi connectivity index (χ2v) is 26.5. The number of unbranched alkanes of at least 4 members (excludes halogenated alkanes) is 57. The summed E-state index contributed by atoms with van der Waals surface area (Å²) in [7, 11) is 0. The van der Waals surface area contributed by atoms with E-state index < -0.39 is 49.5 Å². The number of nitrogens with one attached hydrogen (secondary N) is 1. The van der Waals surface area contributed by atoms with Crippen molar-refractivity contribution in [1.29, 1.82) is 0 Å². The summed E-state index contributed by atoms with van der Waals surface area (Å²) in [4.78, 5) is 13.1. The van der Waals surface area contributed by atoms with Gasteiger partial charge in [0.05, 0.1) is 25.4 Å². The summed E-state index contributed by atoms with van der Waals surface area (Å²) in [5, 5.41) is 54.7. The molecule has 1 aliphatic heterocycles. The maximum absolute atomic E-state index is 13.1. The monoisotopic (exact) mass is 1180 g/mol. The lowest BCUT2D eigenvalue weighted by molar-refractivity contribution is -0.302. The first-order chi connectivity index (χ1) is 40.8. The Morgan fingerprint density at radius 3 is 0.940 bits per heavy atom. The minimum atomic E-state index is -1.56. The Kier molecular flexibility index (Phi) is 61.6. The summed E-state index contributed by atoms with van der Waals surface area (Å²) in [6.45, 7) is 3.84. The van der Waals surface area contributed by atoms with Crippen LogP contribution in [0.25, 0.3) is 0 Å². The zero-order valence-corrected chi connectivity index (χ0v) is 55.5. The van der Waals surface area contributed by atoms with E-state index in [0.29, 0.717) is 6.42 Å². The van der Waals surface area contributed by atoms with Crippen LogP contribution < -0.4 is 5.32 Å². The summed E-state index contributed by atoms with van der Waals surface area (Å²) in [6, 6.07) is -0.802. The number of aliphatic hydroxyl groups excluding tert-OH is 5. The minimum Gasteiger partial charge on any atom is -0.394 e. The highest BCUT2D eigenvalue weighted by Gasteiger charge is 2.44. The minimum absolute atomic E-state index is 0.167. The molecule has 0 saturated carbocycles. The maximum atomic E-state index is 13.1. The largest absolute Gasteiger partial charge is 0.394 e. The van der Waals surface area contributed by atoms with E-state index in [-0.39, 0.29) is 12.5 Å². The van der Waals surface area contributed by atoms with Gasteiger partial charge in [0, 0.05) is 6.42 Å². The highest BCUT2D eigenvalue weighted by molar-refractivity contribution is 5.76. The third-order valence-corrected chi connectivity index (χ3v) is 18.4. The fourth-order valence-electron chi connectivity index (χ4n) is 12.5. The highest BCUT2D eigenvalue weighted by Crippen LogP contribution is 2.24. The smallest absolute Gasteiger partial charge is 0.220 e. The van der Waals surface area contributed by atoms with Crippen molar-refractivity contribution in [3.05, 3.63) is 12.2 Å². The summed E-state index contributed by atoms with van der Waals surface area (Å²) in [6.07, 6.45) is 76.5. The number of hydrogen-bond donors (Lipinski definition) is 6. The van der Waals surface area contributed by atoms with E-state index in [1.807, 2.05) is 6.08 Å². The Bertz CT molecular complexity index is 1320. The SMILES string of the molecule is CCCCCCCCCCCCCCCCCCC/C=C/C(O)C(COC1OC(CO)C(O)C(O)C1O)NC(=O)CCCCCCCCCCCCCCCCCCCCCCCCCCCCCCCCCCCCCCCCCCC. The summed E-state index contributed by atoms with van der Waals surface area (Å²) >= 11 is 0. The summed E-state index contributed by atoms with van der Waals surface area (Å²) < 4.78 is 11.3. The Labute approximate surface area is 516 Å². The number of carbonyl (C=O) groups excluding carboxylic acids is 1. The Morgan fingerprint density at radius 2 is 0.663 bits per heavy atom. The zero-order valence-electron chi connectivity index (χ0n) is 55.5. The molecule has 0 radical (unpaired) electrons. The number of allylic oxidation sites excluding steroid dienone is 1. The van der Waals surface area contributed by atoms with Gasteiger partial charge in [0.1, 0.15) is 24.4 Å². The average Bonchev–Trinajstić information content (AvgIpc) is 3.50. The standard InChI is InChI=1S/C74H145NO8/c1-3-5-7-9-11-13-15-17-19-21-23-24-25-26-27-28-29-30-31-32-33-34-35-36-37-38-39-40-41-42-43-44-46-48-50-52-54-56-58-60-62-64-70(78)75-67(66-82-74-73(81)72(80)71(79)69(65-76)83-74)68(77)63-61-59-57-55-53-51-49-47-45-22-20-18-16-14-12-10-8-6-4-2/h61,63,67-69,71-74,76-77,79-81H,3-60,62,64-66H2,1-2H3,(H,75,78)/b63-61+. The van der Waals surface area contributed by atoms with Crippen molar-refractivity contribution in [2.75, 3.05) is 13.2 Å². The van der Waals surface area contributed by atoms with Gasteiger partial charge in [0.2, 0.25) is 5.91 Å². The molecular formula is C74H145NO8. The van der Waals surface area contributed by atoms with Crippen LogP contribution in [0.5, 0.6) is 0 Å². The van der Waals surface area contributed by atoms with Crippen molar-refractivity contribution >= 4 is 5.91 Å². The van der Waals surface area contributed by atoms with Gasteiger partial charge in [-0.25, -0.2) is 0 Å². The normalized spacial score (nSPS) is 18.2. The van der Waals surface area contributed by atoms with Crippen molar-refractivity contribution in [3.8, 4) is 0 Å². The van der Waals surface area contributed by atoms with Crippen LogP contribution in [0.4, 0.5) is 0 Å². The van der Waals surface area contributed by atoms with Gasteiger partial charge in [-0.1, -0.05) is 386 Å². The molecule has 9 heteroatoms. The average molecular weight is 1180 g/mol. The zero-order chi connectivity index (χ0) is 60.0. The van der Waals surface area contributed by atoms with Crippen molar-refractivity contribution in [3.63, 3.8) is 0 Å². The topological polar surface area (TPSA) is 149 Å². The molecule has 9 nitrogen and oxygen atoms in total. The van der Waals surface area contributed by atoms with Gasteiger partial charge >= 0.3 is 0 Å². The molecule has 0 aromatic rings. The Balaban J connectivity index is 2.01. The number of amides is 1. The molecule has 494 valence electrons. The van der Waals surface area contributed by atoms with Crippen LogP contribution in [-0.2, 0) is 14.3 Å². The quantitative estimate of drug-likeness (QED) is 0.0261. The fraction of sp³-hybridized carbons (Fsp3) is 0.959. The predicted octanol–water partition coefficient (Wildman–Crippen LogP) is 20.7. The van der Waals surface area contributed by atoms with Crippen molar-refractivity contribution in [1.82, 2.24) is 5.32 Å². The van der Waals surface area contributed by atoms with Gasteiger partial charge < -0.3 is 40.3 Å². The van der Waals surface area contributed by atoms with Gasteiger partial charge in [0.15, 0.2) is 6.29 Å². The lowest BCUT2D eigenvalue weighted by atomic mass is 9.99. The molecule has 1 amide bonds. The van der Waals surface area contributed by atoms with Crippen LogP contribution >= 0.6 is 0 Å². The van der Waals surface area contributed by atoms with E-state index in [4.69, 9.17) is 9.47 Å². The number of ether oxygens (including phenoxy) is 2. The second kappa shape index (κ2) is 63.9. The Morgan fingerprint density at radius 1 is 0.398 bits per heavy atom. The van der Waals surface area contributed by atoms with E-state index >= 15 is 0 Å².